The van der Waals surface area contributed by atoms with E-state index >= 15 is 0 Å². The molecule has 148 valence electrons. The lowest BCUT2D eigenvalue weighted by atomic mass is 10.0. The second-order valence-corrected chi connectivity index (χ2v) is 9.76. The Bertz CT molecular complexity index is 1190. The van der Waals surface area contributed by atoms with E-state index in [0.717, 1.165) is 29.5 Å². The van der Waals surface area contributed by atoms with Crippen LogP contribution in [0.5, 0.6) is 5.75 Å². The third-order valence-corrected chi connectivity index (χ3v) is 7.48. The van der Waals surface area contributed by atoms with E-state index in [9.17, 15) is 8.42 Å². The van der Waals surface area contributed by atoms with Gasteiger partial charge in [-0.1, -0.05) is 41.9 Å². The number of benzene rings is 3. The Morgan fingerprint density at radius 3 is 2.52 bits per heavy atom. The number of hydrogen-bond acceptors (Lipinski definition) is 3. The first-order chi connectivity index (χ1) is 14.0. The molecule has 6 heteroatoms. The minimum absolute atomic E-state index is 0.280. The summed E-state index contributed by atoms with van der Waals surface area (Å²) in [6, 6.07) is 20.5. The molecule has 29 heavy (non-hydrogen) atoms. The predicted octanol–water partition coefficient (Wildman–Crippen LogP) is 5.47. The van der Waals surface area contributed by atoms with Crippen LogP contribution in [0.25, 0.3) is 11.1 Å². The molecule has 0 aromatic heterocycles. The molecular formula is C23H20ClNO3S. The number of sulfonamides is 1. The third kappa shape index (κ3) is 3.49. The highest BCUT2D eigenvalue weighted by atomic mass is 35.5. The van der Waals surface area contributed by atoms with Crippen molar-refractivity contribution >= 4 is 27.3 Å². The molecule has 5 rings (SSSR count). The molecule has 1 fully saturated rings. The summed E-state index contributed by atoms with van der Waals surface area (Å²) >= 11 is 6.13. The quantitative estimate of drug-likeness (QED) is 0.556. The fraction of sp³-hybridized carbons (Fsp3) is 0.217. The van der Waals surface area contributed by atoms with Crippen LogP contribution in [0.1, 0.15) is 24.3 Å². The summed E-state index contributed by atoms with van der Waals surface area (Å²) in [5.41, 5.74) is 3.49. The van der Waals surface area contributed by atoms with E-state index in [1.165, 1.54) is 4.31 Å². The molecular weight excluding hydrogens is 406 g/mol. The van der Waals surface area contributed by atoms with E-state index < -0.39 is 10.0 Å². The van der Waals surface area contributed by atoms with Crippen molar-refractivity contribution in [2.45, 2.75) is 23.7 Å². The van der Waals surface area contributed by atoms with Crippen molar-refractivity contribution in [1.29, 1.82) is 0 Å². The lowest BCUT2D eigenvalue weighted by Gasteiger charge is -2.31. The Hall–Kier alpha value is -2.50. The van der Waals surface area contributed by atoms with Crippen LogP contribution in [0.2, 0.25) is 5.02 Å². The first-order valence-corrected chi connectivity index (χ1v) is 11.5. The van der Waals surface area contributed by atoms with E-state index in [4.69, 9.17) is 16.3 Å². The van der Waals surface area contributed by atoms with Gasteiger partial charge in [0.1, 0.15) is 12.4 Å². The number of nitrogens with zero attached hydrogens (tertiary/aromatic N) is 1. The van der Waals surface area contributed by atoms with Crippen LogP contribution in [-0.4, -0.2) is 21.6 Å². The predicted molar refractivity (Wildman–Crippen MR) is 115 cm³/mol. The Morgan fingerprint density at radius 2 is 1.72 bits per heavy atom. The molecule has 0 amide bonds. The number of ether oxygens (including phenoxy) is 1. The Balaban J connectivity index is 1.57. The van der Waals surface area contributed by atoms with Crippen LogP contribution in [0.3, 0.4) is 0 Å². The van der Waals surface area contributed by atoms with Gasteiger partial charge in [-0.2, -0.15) is 0 Å². The highest BCUT2D eigenvalue weighted by Gasteiger charge is 2.32. The van der Waals surface area contributed by atoms with Crippen molar-refractivity contribution in [2.24, 2.45) is 0 Å². The molecule has 4 nitrogen and oxygen atoms in total. The van der Waals surface area contributed by atoms with Gasteiger partial charge >= 0.3 is 0 Å². The summed E-state index contributed by atoms with van der Waals surface area (Å²) in [5.74, 6) is 1.07. The van der Waals surface area contributed by atoms with Gasteiger partial charge in [-0.3, -0.25) is 4.31 Å². The fourth-order valence-corrected chi connectivity index (χ4v) is 5.46. The monoisotopic (exact) mass is 425 g/mol. The van der Waals surface area contributed by atoms with Crippen LogP contribution in [0, 0.1) is 0 Å². The summed E-state index contributed by atoms with van der Waals surface area (Å²) in [5, 5.41) is 0.637. The Morgan fingerprint density at radius 1 is 0.931 bits per heavy atom. The third-order valence-electron chi connectivity index (χ3n) is 5.43. The SMILES string of the molecule is O=S(=O)(c1cccc(C2CC2)c1)N1CCOc2ccc(-c3cccc(Cl)c3)cc21. The van der Waals surface area contributed by atoms with E-state index in [1.807, 2.05) is 60.7 Å². The first-order valence-electron chi connectivity index (χ1n) is 9.68. The second-order valence-electron chi connectivity index (χ2n) is 7.47. The highest BCUT2D eigenvalue weighted by molar-refractivity contribution is 7.92. The lowest BCUT2D eigenvalue weighted by Crippen LogP contribution is -2.38. The van der Waals surface area contributed by atoms with E-state index in [-0.39, 0.29) is 6.54 Å². The van der Waals surface area contributed by atoms with Gasteiger partial charge in [0.05, 0.1) is 17.1 Å². The van der Waals surface area contributed by atoms with Crippen LogP contribution in [0.15, 0.2) is 71.6 Å². The van der Waals surface area contributed by atoms with Gasteiger partial charge in [0.2, 0.25) is 0 Å². The summed E-state index contributed by atoms with van der Waals surface area (Å²) in [6.07, 6.45) is 2.26. The molecule has 0 unspecified atom stereocenters. The van der Waals surface area contributed by atoms with Gasteiger partial charge in [-0.15, -0.1) is 0 Å². The molecule has 0 saturated heterocycles. The van der Waals surface area contributed by atoms with Crippen molar-refractivity contribution < 1.29 is 13.2 Å². The van der Waals surface area contributed by atoms with Crippen molar-refractivity contribution in [3.05, 3.63) is 77.3 Å². The Labute approximate surface area is 175 Å². The zero-order valence-corrected chi connectivity index (χ0v) is 17.3. The molecule has 0 N–H and O–H groups in total. The minimum atomic E-state index is -3.68. The average molecular weight is 426 g/mol. The topological polar surface area (TPSA) is 46.6 Å². The average Bonchev–Trinajstić information content (AvgIpc) is 3.58. The second kappa shape index (κ2) is 7.08. The van der Waals surface area contributed by atoms with E-state index in [2.05, 4.69) is 0 Å². The van der Waals surface area contributed by atoms with Crippen LogP contribution < -0.4 is 9.04 Å². The zero-order chi connectivity index (χ0) is 20.0. The lowest BCUT2D eigenvalue weighted by molar-refractivity contribution is 0.316. The molecule has 0 bridgehead atoms. The van der Waals surface area contributed by atoms with Crippen LogP contribution in [-0.2, 0) is 10.0 Å². The molecule has 3 aromatic rings. The van der Waals surface area contributed by atoms with Gasteiger partial charge < -0.3 is 4.74 Å². The van der Waals surface area contributed by atoms with Crippen molar-refractivity contribution in [3.8, 4) is 16.9 Å². The first kappa shape index (κ1) is 18.5. The minimum Gasteiger partial charge on any atom is -0.489 e. The molecule has 0 radical (unpaired) electrons. The summed E-state index contributed by atoms with van der Waals surface area (Å²) in [7, 11) is -3.68. The number of hydrogen-bond donors (Lipinski definition) is 0. The molecule has 3 aromatic carbocycles. The molecule has 0 spiro atoms. The zero-order valence-electron chi connectivity index (χ0n) is 15.7. The fourth-order valence-electron chi connectivity index (χ4n) is 3.76. The maximum atomic E-state index is 13.5. The van der Waals surface area contributed by atoms with Crippen LogP contribution in [0.4, 0.5) is 5.69 Å². The number of halogens is 1. The standard InChI is InChI=1S/C23H20ClNO3S/c24-20-5-1-3-17(13-20)19-9-10-23-22(15-19)25(11-12-28-23)29(26,27)21-6-2-4-18(14-21)16-7-8-16/h1-6,9-10,13-16H,7-8,11-12H2. The van der Waals surface area contributed by atoms with E-state index in [1.54, 1.807) is 6.07 Å². The number of anilines is 1. The van der Waals surface area contributed by atoms with Gasteiger partial charge in [0.25, 0.3) is 10.0 Å². The smallest absolute Gasteiger partial charge is 0.264 e. The van der Waals surface area contributed by atoms with Gasteiger partial charge in [-0.25, -0.2) is 8.42 Å². The largest absolute Gasteiger partial charge is 0.489 e. The highest BCUT2D eigenvalue weighted by Crippen LogP contribution is 2.42. The van der Waals surface area contributed by atoms with Crippen molar-refractivity contribution in [1.82, 2.24) is 0 Å². The number of rotatable bonds is 4. The maximum absolute atomic E-state index is 13.5. The number of fused-ring (bicyclic) bond motifs is 1. The summed E-state index contributed by atoms with van der Waals surface area (Å²) < 4.78 is 34.2. The molecule has 1 heterocycles. The molecule has 1 aliphatic carbocycles. The van der Waals surface area contributed by atoms with E-state index in [0.29, 0.717) is 33.9 Å². The molecule has 1 aliphatic heterocycles. The molecule has 1 saturated carbocycles. The van der Waals surface area contributed by atoms with Gasteiger partial charge in [-0.05, 0) is 71.8 Å². The molecule has 2 aliphatic rings. The maximum Gasteiger partial charge on any atom is 0.264 e. The Kier molecular flexibility index (Phi) is 4.52. The van der Waals surface area contributed by atoms with Crippen molar-refractivity contribution in [2.75, 3.05) is 17.5 Å². The normalized spacial score (nSPS) is 16.2. The summed E-state index contributed by atoms with van der Waals surface area (Å²) in [4.78, 5) is 0.336. The summed E-state index contributed by atoms with van der Waals surface area (Å²) in [6.45, 7) is 0.604. The molecule has 0 atom stereocenters. The van der Waals surface area contributed by atoms with Crippen LogP contribution >= 0.6 is 11.6 Å². The van der Waals surface area contributed by atoms with Gasteiger partial charge in [0.15, 0.2) is 0 Å². The van der Waals surface area contributed by atoms with Crippen molar-refractivity contribution in [3.63, 3.8) is 0 Å². The van der Waals surface area contributed by atoms with Gasteiger partial charge in [0, 0.05) is 5.02 Å².